The third kappa shape index (κ3) is 4.64. The molecule has 2 aromatic heterocycles. The minimum Gasteiger partial charge on any atom is -0.387 e. The molecule has 1 amide bonds. The van der Waals surface area contributed by atoms with Crippen molar-refractivity contribution in [2.45, 2.75) is 38.1 Å². The molecule has 0 spiro atoms. The first-order valence-corrected chi connectivity index (χ1v) is 11.3. The average Bonchev–Trinajstić information content (AvgIpc) is 3.22. The van der Waals surface area contributed by atoms with Crippen LogP contribution in [0.5, 0.6) is 0 Å². The molecule has 7 heteroatoms. The van der Waals surface area contributed by atoms with Crippen molar-refractivity contribution >= 4 is 33.1 Å². The van der Waals surface area contributed by atoms with E-state index in [1.165, 1.54) is 35.9 Å². The number of aliphatic hydroxyl groups is 1. The highest BCUT2D eigenvalue weighted by atomic mass is 32.1. The molecule has 0 radical (unpaired) electrons. The third-order valence-electron chi connectivity index (χ3n) is 6.24. The van der Waals surface area contributed by atoms with Gasteiger partial charge in [-0.3, -0.25) is 9.69 Å². The maximum absolute atomic E-state index is 11.3. The summed E-state index contributed by atoms with van der Waals surface area (Å²) in [7, 11) is 0. The van der Waals surface area contributed by atoms with Crippen molar-refractivity contribution in [2.24, 2.45) is 5.92 Å². The molecule has 3 heterocycles. The van der Waals surface area contributed by atoms with E-state index in [2.05, 4.69) is 37.6 Å². The summed E-state index contributed by atoms with van der Waals surface area (Å²) in [5.41, 5.74) is 0. The Balaban J connectivity index is 1.19. The van der Waals surface area contributed by atoms with E-state index in [4.69, 9.17) is 5.11 Å². The summed E-state index contributed by atoms with van der Waals surface area (Å²) in [6, 6.07) is 4.55. The van der Waals surface area contributed by atoms with Crippen molar-refractivity contribution in [1.82, 2.24) is 15.2 Å². The molecule has 0 unspecified atom stereocenters. The van der Waals surface area contributed by atoms with Crippen LogP contribution in [0.2, 0.25) is 0 Å². The number of aromatic nitrogens is 1. The Bertz CT molecular complexity index is 780. The van der Waals surface area contributed by atoms with E-state index >= 15 is 0 Å². The fourth-order valence-corrected chi connectivity index (χ4v) is 5.33. The lowest BCUT2D eigenvalue weighted by Gasteiger charge is -2.37. The van der Waals surface area contributed by atoms with E-state index < -0.39 is 6.61 Å². The highest BCUT2D eigenvalue weighted by molar-refractivity contribution is 7.17. The summed E-state index contributed by atoms with van der Waals surface area (Å²) in [4.78, 5) is 21.0. The third-order valence-corrected chi connectivity index (χ3v) is 7.12. The van der Waals surface area contributed by atoms with E-state index in [9.17, 15) is 4.79 Å². The van der Waals surface area contributed by atoms with Crippen molar-refractivity contribution in [1.29, 1.82) is 0 Å². The van der Waals surface area contributed by atoms with Crippen LogP contribution in [-0.2, 0) is 4.79 Å². The molecule has 152 valence electrons. The molecule has 1 aliphatic carbocycles. The van der Waals surface area contributed by atoms with E-state index in [-0.39, 0.29) is 11.9 Å². The van der Waals surface area contributed by atoms with E-state index in [1.807, 2.05) is 6.20 Å². The number of carbonyl (C=O) groups is 1. The lowest BCUT2D eigenvalue weighted by Crippen LogP contribution is -2.47. The van der Waals surface area contributed by atoms with Crippen LogP contribution in [-0.4, -0.2) is 66.3 Å². The van der Waals surface area contributed by atoms with Crippen LogP contribution in [0.1, 0.15) is 32.1 Å². The first-order valence-electron chi connectivity index (χ1n) is 10.4. The number of amides is 1. The predicted molar refractivity (Wildman–Crippen MR) is 114 cm³/mol. The first-order chi connectivity index (χ1) is 13.7. The van der Waals surface area contributed by atoms with Crippen LogP contribution in [0.25, 0.3) is 10.1 Å². The second-order valence-electron chi connectivity index (χ2n) is 8.03. The quantitative estimate of drug-likeness (QED) is 0.777. The van der Waals surface area contributed by atoms with Crippen LogP contribution in [0, 0.1) is 5.92 Å². The average molecular weight is 403 g/mol. The number of nitrogens with zero attached hydrogens (tertiary/aromatic N) is 3. The van der Waals surface area contributed by atoms with Crippen LogP contribution in [0.4, 0.5) is 5.82 Å². The number of fused-ring (bicyclic) bond motifs is 1. The van der Waals surface area contributed by atoms with Crippen LogP contribution < -0.4 is 10.2 Å². The van der Waals surface area contributed by atoms with Crippen molar-refractivity contribution < 1.29 is 9.90 Å². The van der Waals surface area contributed by atoms with Gasteiger partial charge in [0.25, 0.3) is 0 Å². The molecule has 4 rings (SSSR count). The van der Waals surface area contributed by atoms with Gasteiger partial charge >= 0.3 is 0 Å². The molecule has 28 heavy (non-hydrogen) atoms. The van der Waals surface area contributed by atoms with Gasteiger partial charge in [-0.05, 0) is 62.1 Å². The molecule has 2 aromatic rings. The molecule has 0 bridgehead atoms. The van der Waals surface area contributed by atoms with Gasteiger partial charge in [0.05, 0.1) is 0 Å². The van der Waals surface area contributed by atoms with E-state index in [0.717, 1.165) is 50.8 Å². The molecule has 2 aliphatic rings. The number of hydrogen-bond donors (Lipinski definition) is 2. The zero-order chi connectivity index (χ0) is 19.3. The second-order valence-corrected chi connectivity index (χ2v) is 8.98. The predicted octanol–water partition coefficient (Wildman–Crippen LogP) is 2.48. The van der Waals surface area contributed by atoms with Gasteiger partial charge < -0.3 is 15.3 Å². The number of piperazine rings is 1. The lowest BCUT2D eigenvalue weighted by molar-refractivity contribution is -0.124. The number of hydrogen-bond acceptors (Lipinski definition) is 6. The second kappa shape index (κ2) is 9.20. The normalized spacial score (nSPS) is 23.8. The zero-order valence-corrected chi connectivity index (χ0v) is 17.2. The molecule has 0 aromatic carbocycles. The Morgan fingerprint density at radius 1 is 1.18 bits per heavy atom. The molecule has 2 N–H and O–H groups in total. The summed E-state index contributed by atoms with van der Waals surface area (Å²) in [5, 5.41) is 15.2. The van der Waals surface area contributed by atoms with Gasteiger partial charge in [0, 0.05) is 48.5 Å². The Hall–Kier alpha value is -1.70. The molecular formula is C21H30N4O2S. The summed E-state index contributed by atoms with van der Waals surface area (Å²) in [5.74, 6) is 1.66. The van der Waals surface area contributed by atoms with Gasteiger partial charge in [-0.2, -0.15) is 0 Å². The topological polar surface area (TPSA) is 68.7 Å². The first kappa shape index (κ1) is 19.6. The smallest absolute Gasteiger partial charge is 0.245 e. The number of nitrogens with one attached hydrogen (secondary N) is 1. The number of aliphatic hydroxyl groups excluding tert-OH is 1. The highest BCUT2D eigenvalue weighted by Gasteiger charge is 2.24. The molecule has 1 aliphatic heterocycles. The SMILES string of the molecule is O=C(CO)N[C@H]1CC[C@H](CCN2CCN(c3nccc4sccc34)CC2)CC1. The number of carbonyl (C=O) groups excluding carboxylic acids is 1. The van der Waals surface area contributed by atoms with Gasteiger partial charge in [0.1, 0.15) is 12.4 Å². The summed E-state index contributed by atoms with van der Waals surface area (Å²) < 4.78 is 1.32. The van der Waals surface area contributed by atoms with Crippen LogP contribution in [0.3, 0.4) is 0 Å². The Labute approximate surface area is 170 Å². The monoisotopic (exact) mass is 402 g/mol. The fourth-order valence-electron chi connectivity index (χ4n) is 4.55. The maximum Gasteiger partial charge on any atom is 0.245 e. The Morgan fingerprint density at radius 3 is 2.71 bits per heavy atom. The summed E-state index contributed by atoms with van der Waals surface area (Å²) in [6.45, 7) is 5.06. The summed E-state index contributed by atoms with van der Waals surface area (Å²) >= 11 is 1.78. The standard InChI is InChI=1S/C21H30N4O2S/c26-15-20(27)23-17-3-1-16(2-4-17)6-9-24-10-12-25(13-11-24)21-18-7-14-28-19(18)5-8-22-21/h5,7-8,14,16-17,26H,1-4,6,9-13,15H2,(H,23,27)/t16-,17-. The molecule has 0 atom stereocenters. The van der Waals surface area contributed by atoms with Crippen molar-refractivity contribution in [3.05, 3.63) is 23.7 Å². The van der Waals surface area contributed by atoms with Crippen LogP contribution >= 0.6 is 11.3 Å². The minimum absolute atomic E-state index is 0.242. The minimum atomic E-state index is -0.400. The number of thiophene rings is 1. The van der Waals surface area contributed by atoms with Crippen molar-refractivity contribution in [3.8, 4) is 0 Å². The Kier molecular flexibility index (Phi) is 6.44. The fraction of sp³-hybridized carbons (Fsp3) is 0.619. The van der Waals surface area contributed by atoms with E-state index in [1.54, 1.807) is 11.3 Å². The van der Waals surface area contributed by atoms with Gasteiger partial charge in [-0.15, -0.1) is 11.3 Å². The maximum atomic E-state index is 11.3. The number of anilines is 1. The molecule has 1 saturated heterocycles. The molecule has 6 nitrogen and oxygen atoms in total. The molecule has 1 saturated carbocycles. The van der Waals surface area contributed by atoms with Gasteiger partial charge in [-0.1, -0.05) is 0 Å². The molecular weight excluding hydrogens is 372 g/mol. The Morgan fingerprint density at radius 2 is 1.96 bits per heavy atom. The summed E-state index contributed by atoms with van der Waals surface area (Å²) in [6.07, 6.45) is 7.63. The van der Waals surface area contributed by atoms with Crippen LogP contribution in [0.15, 0.2) is 23.7 Å². The lowest BCUT2D eigenvalue weighted by atomic mass is 9.84. The zero-order valence-electron chi connectivity index (χ0n) is 16.3. The number of pyridine rings is 1. The largest absolute Gasteiger partial charge is 0.387 e. The highest BCUT2D eigenvalue weighted by Crippen LogP contribution is 2.30. The van der Waals surface area contributed by atoms with Gasteiger partial charge in [-0.25, -0.2) is 4.98 Å². The number of rotatable bonds is 6. The van der Waals surface area contributed by atoms with Gasteiger partial charge in [0.2, 0.25) is 5.91 Å². The van der Waals surface area contributed by atoms with Gasteiger partial charge in [0.15, 0.2) is 0 Å². The van der Waals surface area contributed by atoms with Crippen molar-refractivity contribution in [3.63, 3.8) is 0 Å². The molecule has 2 fully saturated rings. The van der Waals surface area contributed by atoms with Crippen molar-refractivity contribution in [2.75, 3.05) is 44.2 Å². The van der Waals surface area contributed by atoms with E-state index in [0.29, 0.717) is 0 Å².